The largest absolute Gasteiger partial charge is 0.456 e. The monoisotopic (exact) mass is 1040 g/mol. The number of fused-ring (bicyclic) bond motifs is 6. The summed E-state index contributed by atoms with van der Waals surface area (Å²) < 4.78 is 12.0. The molecular formula is C78H70O2. The van der Waals surface area contributed by atoms with Crippen molar-refractivity contribution in [3.05, 3.63) is 270 Å². The summed E-state index contributed by atoms with van der Waals surface area (Å²) in [6.45, 7) is 31.0. The van der Waals surface area contributed by atoms with E-state index >= 15 is 0 Å². The van der Waals surface area contributed by atoms with Crippen LogP contribution in [0.1, 0.15) is 72.1 Å². The van der Waals surface area contributed by atoms with E-state index in [1.165, 1.54) is 98.8 Å². The lowest BCUT2D eigenvalue weighted by atomic mass is 9.85. The molecule has 0 bridgehead atoms. The highest BCUT2D eigenvalue weighted by atomic mass is 16.3. The molecule has 13 rings (SSSR count). The van der Waals surface area contributed by atoms with E-state index in [1.54, 1.807) is 6.08 Å². The molecule has 0 aliphatic heterocycles. The highest BCUT2D eigenvalue weighted by Gasteiger charge is 2.18. The van der Waals surface area contributed by atoms with E-state index in [1.807, 2.05) is 74.5 Å². The van der Waals surface area contributed by atoms with Crippen LogP contribution in [0.15, 0.2) is 252 Å². The van der Waals surface area contributed by atoms with Gasteiger partial charge in [-0.2, -0.15) is 0 Å². The van der Waals surface area contributed by atoms with Crippen LogP contribution >= 0.6 is 0 Å². The maximum Gasteiger partial charge on any atom is 0.143 e. The van der Waals surface area contributed by atoms with Crippen LogP contribution in [0.25, 0.3) is 128 Å². The Morgan fingerprint density at radius 3 is 1.44 bits per heavy atom. The first kappa shape index (κ1) is 54.1. The molecular weight excluding hydrogens is 969 g/mol. The zero-order chi connectivity index (χ0) is 56.2. The highest BCUT2D eigenvalue weighted by Crippen LogP contribution is 2.44. The van der Waals surface area contributed by atoms with Gasteiger partial charge in [0.15, 0.2) is 0 Å². The summed E-state index contributed by atoms with van der Waals surface area (Å²) in [5.41, 5.74) is 18.7. The Hall–Kier alpha value is -9.24. The molecule has 0 aliphatic rings. The van der Waals surface area contributed by atoms with Gasteiger partial charge < -0.3 is 8.83 Å². The second-order valence-electron chi connectivity index (χ2n) is 21.4. The molecule has 0 saturated heterocycles. The normalized spacial score (nSPS) is 12.3. The van der Waals surface area contributed by atoms with Gasteiger partial charge in [-0.1, -0.05) is 261 Å². The van der Waals surface area contributed by atoms with Gasteiger partial charge in [0, 0.05) is 27.1 Å². The number of hydrogen-bond donors (Lipinski definition) is 0. The molecule has 2 aromatic heterocycles. The number of rotatable bonds is 7. The van der Waals surface area contributed by atoms with Crippen molar-refractivity contribution in [3.63, 3.8) is 0 Å². The number of allylic oxidation sites excluding steroid dienone is 6. The molecule has 0 spiro atoms. The van der Waals surface area contributed by atoms with E-state index in [0.29, 0.717) is 0 Å². The van der Waals surface area contributed by atoms with Gasteiger partial charge in [-0.05, 0) is 155 Å². The van der Waals surface area contributed by atoms with Gasteiger partial charge in [0.05, 0.1) is 0 Å². The molecule has 0 atom stereocenters. The Morgan fingerprint density at radius 1 is 0.475 bits per heavy atom. The second kappa shape index (κ2) is 23.0. The molecule has 11 aromatic carbocycles. The molecule has 0 fully saturated rings. The quantitative estimate of drug-likeness (QED) is 0.117. The zero-order valence-corrected chi connectivity index (χ0v) is 47.8. The fourth-order valence-electron chi connectivity index (χ4n) is 11.2. The van der Waals surface area contributed by atoms with Crippen molar-refractivity contribution in [1.29, 1.82) is 0 Å². The van der Waals surface area contributed by atoms with Gasteiger partial charge in [0.2, 0.25) is 0 Å². The minimum absolute atomic E-state index is 0.135. The van der Waals surface area contributed by atoms with E-state index in [9.17, 15) is 0 Å². The standard InChI is InChI=1S/C44H32O.C20H24.C12H8O.C2H6/c1-44(2,3)32-21-15-28(16-22-32)34-24-18-31-19-25-37-33(23-17-30-20-26-38(34)42(31)41(30)37)27-11-13-29(14-12-27)35-8-6-9-39-36-7-4-5-10-40(36)45-43(35)39;1-8-11-18-12-13-20(17(7)16(18)6)19(10-3)15(5)14(4)9-2;1-3-7-11-9(5-1)10-6-2-4-8-12(10)13-11;1-2/h4-26H,1-3H3;8-13H,1-2,6H2,3-5,7H3;1-8H;1-2H3/b;15-14+,18-11-,19-10-;;. The molecule has 13 aromatic rings. The van der Waals surface area contributed by atoms with Crippen molar-refractivity contribution >= 4 is 94.4 Å². The third-order valence-electron chi connectivity index (χ3n) is 15.7. The fraction of sp³-hybridized carbons (Fsp3) is 0.128. The van der Waals surface area contributed by atoms with Crippen molar-refractivity contribution < 1.29 is 8.83 Å². The van der Waals surface area contributed by atoms with Crippen LogP contribution < -0.4 is 10.4 Å². The number of benzene rings is 11. The predicted molar refractivity (Wildman–Crippen MR) is 350 cm³/mol. The van der Waals surface area contributed by atoms with Crippen LogP contribution in [-0.2, 0) is 5.41 Å². The van der Waals surface area contributed by atoms with Crippen LogP contribution in [0.2, 0.25) is 0 Å². The van der Waals surface area contributed by atoms with Crippen LogP contribution in [0.4, 0.5) is 0 Å². The van der Waals surface area contributed by atoms with Crippen LogP contribution in [-0.4, -0.2) is 0 Å². The summed E-state index contributed by atoms with van der Waals surface area (Å²) in [6, 6.07) is 71.6. The summed E-state index contributed by atoms with van der Waals surface area (Å²) >= 11 is 0. The Balaban J connectivity index is 0.000000169. The van der Waals surface area contributed by atoms with Crippen molar-refractivity contribution in [1.82, 2.24) is 0 Å². The van der Waals surface area contributed by atoms with Crippen molar-refractivity contribution in [3.8, 4) is 33.4 Å². The van der Waals surface area contributed by atoms with Gasteiger partial charge in [0.1, 0.15) is 22.3 Å². The van der Waals surface area contributed by atoms with Gasteiger partial charge in [-0.3, -0.25) is 0 Å². The number of furan rings is 2. The van der Waals surface area contributed by atoms with Crippen molar-refractivity contribution in [2.45, 2.75) is 67.7 Å². The highest BCUT2D eigenvalue weighted by molar-refractivity contribution is 6.27. The van der Waals surface area contributed by atoms with Gasteiger partial charge in [-0.15, -0.1) is 0 Å². The third-order valence-corrected chi connectivity index (χ3v) is 15.7. The first-order valence-electron chi connectivity index (χ1n) is 27.9. The molecule has 2 nitrogen and oxygen atoms in total. The minimum Gasteiger partial charge on any atom is -0.456 e. The van der Waals surface area contributed by atoms with E-state index in [2.05, 4.69) is 226 Å². The fourth-order valence-corrected chi connectivity index (χ4v) is 11.2. The summed E-state index contributed by atoms with van der Waals surface area (Å²) in [7, 11) is 0. The lowest BCUT2D eigenvalue weighted by Gasteiger charge is -2.20. The van der Waals surface area contributed by atoms with E-state index in [-0.39, 0.29) is 5.41 Å². The summed E-state index contributed by atoms with van der Waals surface area (Å²) in [5.74, 6) is 0. The molecule has 2 heteroatoms. The van der Waals surface area contributed by atoms with Crippen LogP contribution in [0, 0.1) is 6.92 Å². The van der Waals surface area contributed by atoms with Gasteiger partial charge in [0.25, 0.3) is 0 Å². The summed E-state index contributed by atoms with van der Waals surface area (Å²) in [5, 5.41) is 14.7. The van der Waals surface area contributed by atoms with Crippen molar-refractivity contribution in [2.75, 3.05) is 0 Å². The van der Waals surface area contributed by atoms with Gasteiger partial charge >= 0.3 is 0 Å². The topological polar surface area (TPSA) is 26.3 Å². The minimum atomic E-state index is 0.135. The number of hydrogen-bond acceptors (Lipinski definition) is 2. The molecule has 2 heterocycles. The maximum atomic E-state index is 6.34. The average molecular weight is 1040 g/mol. The molecule has 0 aliphatic carbocycles. The van der Waals surface area contributed by atoms with E-state index < -0.39 is 0 Å². The summed E-state index contributed by atoms with van der Waals surface area (Å²) in [4.78, 5) is 0. The maximum absolute atomic E-state index is 6.34. The molecule has 80 heavy (non-hydrogen) atoms. The Bertz CT molecular complexity index is 4550. The van der Waals surface area contributed by atoms with E-state index in [4.69, 9.17) is 8.83 Å². The summed E-state index contributed by atoms with van der Waals surface area (Å²) in [6.07, 6.45) is 7.85. The predicted octanol–water partition coefficient (Wildman–Crippen LogP) is 21.7. The molecule has 394 valence electrons. The van der Waals surface area contributed by atoms with Crippen LogP contribution in [0.3, 0.4) is 0 Å². The smallest absolute Gasteiger partial charge is 0.143 e. The van der Waals surface area contributed by atoms with Crippen LogP contribution in [0.5, 0.6) is 0 Å². The van der Waals surface area contributed by atoms with Gasteiger partial charge in [-0.25, -0.2) is 0 Å². The average Bonchev–Trinajstić information content (AvgIpc) is 3.66. The molecule has 0 radical (unpaired) electrons. The SMILES string of the molecule is C=C/C=c1/ccc(C(=C\C)/C(C)=C(\C)C=C)c(C)c1=C.CC.CC(C)(C)c1ccc(-c2ccc3ccc4c(-c5ccc(-c6cccc7c6oc6ccccc67)cc5)ccc5ccc2c3c54)cc1.c1ccc2c(c1)oc1ccccc12. The molecule has 0 unspecified atom stereocenters. The van der Waals surface area contributed by atoms with Crippen molar-refractivity contribution in [2.24, 2.45) is 0 Å². The molecule has 0 amide bonds. The first-order valence-corrected chi connectivity index (χ1v) is 27.9. The Kier molecular flexibility index (Phi) is 15.6. The van der Waals surface area contributed by atoms with E-state index in [0.717, 1.165) is 54.7 Å². The molecule has 0 N–H and O–H groups in total. The Labute approximate surface area is 471 Å². The lowest BCUT2D eigenvalue weighted by Crippen LogP contribution is -2.26. The lowest BCUT2D eigenvalue weighted by molar-refractivity contribution is 0.590. The Morgan fingerprint density at radius 2 is 0.938 bits per heavy atom. The molecule has 0 saturated carbocycles. The number of para-hydroxylation sites is 4. The second-order valence-corrected chi connectivity index (χ2v) is 21.4. The third kappa shape index (κ3) is 10.2. The first-order chi connectivity index (χ1) is 38.9. The zero-order valence-electron chi connectivity index (χ0n) is 47.8.